The largest absolute Gasteiger partial charge is 0.465 e. The number of hydrogen-bond acceptors (Lipinski definition) is 4. The first-order chi connectivity index (χ1) is 9.63. The van der Waals surface area contributed by atoms with Gasteiger partial charge < -0.3 is 15.4 Å². The molecule has 0 saturated carbocycles. The fourth-order valence-corrected chi connectivity index (χ4v) is 3.03. The number of nitrogens with zero attached hydrogens (tertiary/aromatic N) is 1. The van der Waals surface area contributed by atoms with Gasteiger partial charge in [0.15, 0.2) is 0 Å². The summed E-state index contributed by atoms with van der Waals surface area (Å²) in [6.07, 6.45) is 5.95. The Morgan fingerprint density at radius 3 is 2.40 bits per heavy atom. The van der Waals surface area contributed by atoms with E-state index < -0.39 is 5.97 Å². The Morgan fingerprint density at radius 2 is 1.80 bits per heavy atom. The second-order valence-corrected chi connectivity index (χ2v) is 5.55. The first-order valence-corrected chi connectivity index (χ1v) is 7.43. The molecule has 0 spiro atoms. The van der Waals surface area contributed by atoms with Crippen molar-refractivity contribution in [2.45, 2.75) is 32.1 Å². The van der Waals surface area contributed by atoms with Crippen molar-refractivity contribution in [2.24, 2.45) is 0 Å². The van der Waals surface area contributed by atoms with Crippen molar-refractivity contribution in [3.63, 3.8) is 0 Å². The normalized spacial score (nSPS) is 16.4. The monoisotopic (exact) mass is 296 g/mol. The third kappa shape index (κ3) is 3.37. The van der Waals surface area contributed by atoms with Gasteiger partial charge in [-0.25, -0.2) is 4.79 Å². The third-order valence-corrected chi connectivity index (χ3v) is 3.95. The first kappa shape index (κ1) is 15.0. The first-order valence-electron chi connectivity index (χ1n) is 7.05. The molecule has 4 nitrogen and oxygen atoms in total. The van der Waals surface area contributed by atoms with E-state index in [9.17, 15) is 4.79 Å². The van der Waals surface area contributed by atoms with E-state index in [1.165, 1.54) is 26.4 Å². The minimum Gasteiger partial charge on any atom is -0.465 e. The number of ether oxygens (including phenoxy) is 1. The summed E-state index contributed by atoms with van der Waals surface area (Å²) in [5.74, 6) is -0.392. The Hall–Kier alpha value is -1.42. The summed E-state index contributed by atoms with van der Waals surface area (Å²) in [5.41, 5.74) is 7.49. The van der Waals surface area contributed by atoms with Crippen LogP contribution in [0.4, 0.5) is 11.4 Å². The Morgan fingerprint density at radius 1 is 1.20 bits per heavy atom. The average molecular weight is 297 g/mol. The Labute approximate surface area is 124 Å². The van der Waals surface area contributed by atoms with Gasteiger partial charge in [-0.05, 0) is 25.0 Å². The number of esters is 1. The molecule has 110 valence electrons. The van der Waals surface area contributed by atoms with Crippen LogP contribution < -0.4 is 10.6 Å². The van der Waals surface area contributed by atoms with E-state index in [1.54, 1.807) is 12.1 Å². The van der Waals surface area contributed by atoms with E-state index in [2.05, 4.69) is 4.90 Å². The Balaban J connectivity index is 2.39. The van der Waals surface area contributed by atoms with Crippen molar-refractivity contribution < 1.29 is 9.53 Å². The van der Waals surface area contributed by atoms with Gasteiger partial charge in [0.2, 0.25) is 0 Å². The number of anilines is 2. The zero-order valence-corrected chi connectivity index (χ0v) is 12.6. The molecule has 0 radical (unpaired) electrons. The molecular formula is C15H21ClN2O2. The summed E-state index contributed by atoms with van der Waals surface area (Å²) >= 11 is 6.33. The molecule has 20 heavy (non-hydrogen) atoms. The standard InChI is InChI=1S/C15H21ClN2O2/c1-20-15(19)12-9-11(17)10-13(16)14(12)18-7-5-3-2-4-6-8-18/h9-10H,2-8,17H2,1H3. The number of rotatable bonds is 2. The van der Waals surface area contributed by atoms with Crippen LogP contribution >= 0.6 is 11.6 Å². The molecule has 0 aliphatic carbocycles. The van der Waals surface area contributed by atoms with Crippen LogP contribution in [-0.2, 0) is 4.74 Å². The van der Waals surface area contributed by atoms with Crippen LogP contribution in [0, 0.1) is 0 Å². The van der Waals surface area contributed by atoms with Gasteiger partial charge in [0.05, 0.1) is 23.4 Å². The van der Waals surface area contributed by atoms with Crippen LogP contribution in [0.2, 0.25) is 5.02 Å². The van der Waals surface area contributed by atoms with Gasteiger partial charge in [-0.3, -0.25) is 0 Å². The van der Waals surface area contributed by atoms with Crippen LogP contribution in [0.1, 0.15) is 42.5 Å². The molecule has 1 aliphatic heterocycles. The maximum Gasteiger partial charge on any atom is 0.340 e. The van der Waals surface area contributed by atoms with Gasteiger partial charge >= 0.3 is 5.97 Å². The maximum atomic E-state index is 12.0. The summed E-state index contributed by atoms with van der Waals surface area (Å²) in [7, 11) is 1.37. The van der Waals surface area contributed by atoms with Crippen molar-refractivity contribution in [2.75, 3.05) is 30.8 Å². The predicted molar refractivity (Wildman–Crippen MR) is 82.5 cm³/mol. The zero-order valence-electron chi connectivity index (χ0n) is 11.8. The number of benzene rings is 1. The van der Waals surface area contributed by atoms with Gasteiger partial charge in [0.25, 0.3) is 0 Å². The Kier molecular flexibility index (Phi) is 5.12. The molecule has 5 heteroatoms. The molecule has 0 bridgehead atoms. The highest BCUT2D eigenvalue weighted by molar-refractivity contribution is 6.34. The number of methoxy groups -OCH3 is 1. The molecule has 0 amide bonds. The van der Waals surface area contributed by atoms with Crippen molar-refractivity contribution in [1.29, 1.82) is 0 Å². The molecular weight excluding hydrogens is 276 g/mol. The fourth-order valence-electron chi connectivity index (χ4n) is 2.68. The average Bonchev–Trinajstić information content (AvgIpc) is 2.38. The smallest absolute Gasteiger partial charge is 0.340 e. The number of halogens is 1. The highest BCUT2D eigenvalue weighted by atomic mass is 35.5. The number of carbonyl (C=O) groups excluding carboxylic acids is 1. The van der Waals surface area contributed by atoms with E-state index >= 15 is 0 Å². The molecule has 2 rings (SSSR count). The van der Waals surface area contributed by atoms with E-state index in [0.29, 0.717) is 16.3 Å². The molecule has 1 saturated heterocycles. The lowest BCUT2D eigenvalue weighted by Gasteiger charge is -2.29. The van der Waals surface area contributed by atoms with Crippen molar-refractivity contribution >= 4 is 28.9 Å². The van der Waals surface area contributed by atoms with Crippen molar-refractivity contribution in [1.82, 2.24) is 0 Å². The van der Waals surface area contributed by atoms with Crippen molar-refractivity contribution in [3.05, 3.63) is 22.7 Å². The second kappa shape index (κ2) is 6.84. The molecule has 0 atom stereocenters. The number of carbonyl (C=O) groups is 1. The summed E-state index contributed by atoms with van der Waals surface area (Å²) in [6, 6.07) is 3.34. The summed E-state index contributed by atoms with van der Waals surface area (Å²) in [5, 5.41) is 0.519. The highest BCUT2D eigenvalue weighted by Crippen LogP contribution is 2.34. The topological polar surface area (TPSA) is 55.6 Å². The van der Waals surface area contributed by atoms with Gasteiger partial charge in [0, 0.05) is 18.8 Å². The molecule has 1 aromatic carbocycles. The second-order valence-electron chi connectivity index (χ2n) is 5.15. The van der Waals surface area contributed by atoms with Crippen LogP contribution in [0.25, 0.3) is 0 Å². The van der Waals surface area contributed by atoms with E-state index in [4.69, 9.17) is 22.1 Å². The van der Waals surface area contributed by atoms with Gasteiger partial charge in [-0.1, -0.05) is 30.9 Å². The van der Waals surface area contributed by atoms with Gasteiger partial charge in [0.1, 0.15) is 0 Å². The van der Waals surface area contributed by atoms with Crippen LogP contribution in [0.5, 0.6) is 0 Å². The fraction of sp³-hybridized carbons (Fsp3) is 0.533. The van der Waals surface area contributed by atoms with Gasteiger partial charge in [-0.15, -0.1) is 0 Å². The lowest BCUT2D eigenvalue weighted by atomic mass is 10.1. The maximum absolute atomic E-state index is 12.0. The van der Waals surface area contributed by atoms with Crippen LogP contribution in [-0.4, -0.2) is 26.2 Å². The molecule has 0 unspecified atom stereocenters. The highest BCUT2D eigenvalue weighted by Gasteiger charge is 2.21. The predicted octanol–water partition coefficient (Wildman–Crippen LogP) is 3.48. The molecule has 1 aliphatic rings. The van der Waals surface area contributed by atoms with Crippen LogP contribution in [0.15, 0.2) is 12.1 Å². The Bertz CT molecular complexity index is 483. The lowest BCUT2D eigenvalue weighted by Crippen LogP contribution is -2.29. The molecule has 2 N–H and O–H groups in total. The number of hydrogen-bond donors (Lipinski definition) is 1. The quantitative estimate of drug-likeness (QED) is 0.670. The zero-order chi connectivity index (χ0) is 14.5. The third-order valence-electron chi connectivity index (χ3n) is 3.66. The van der Waals surface area contributed by atoms with Gasteiger partial charge in [-0.2, -0.15) is 0 Å². The SMILES string of the molecule is COC(=O)c1cc(N)cc(Cl)c1N1CCCCCCC1. The summed E-state index contributed by atoms with van der Waals surface area (Å²) in [4.78, 5) is 14.2. The molecule has 1 aromatic rings. The molecule has 0 aromatic heterocycles. The number of nitrogen functional groups attached to an aromatic ring is 1. The molecule has 1 fully saturated rings. The minimum atomic E-state index is -0.392. The molecule has 1 heterocycles. The lowest BCUT2D eigenvalue weighted by molar-refractivity contribution is 0.0601. The van der Waals surface area contributed by atoms with Crippen molar-refractivity contribution in [3.8, 4) is 0 Å². The summed E-state index contributed by atoms with van der Waals surface area (Å²) in [6.45, 7) is 1.82. The van der Waals surface area contributed by atoms with E-state index in [-0.39, 0.29) is 0 Å². The van der Waals surface area contributed by atoms with Crippen LogP contribution in [0.3, 0.4) is 0 Å². The summed E-state index contributed by atoms with van der Waals surface area (Å²) < 4.78 is 4.85. The minimum absolute atomic E-state index is 0.392. The number of nitrogens with two attached hydrogens (primary N) is 1. The van der Waals surface area contributed by atoms with E-state index in [0.717, 1.165) is 31.6 Å². The van der Waals surface area contributed by atoms with E-state index in [1.807, 2.05) is 0 Å².